The summed E-state index contributed by atoms with van der Waals surface area (Å²) in [6, 6.07) is 7.92. The van der Waals surface area contributed by atoms with Gasteiger partial charge >= 0.3 is 0 Å². The van der Waals surface area contributed by atoms with Gasteiger partial charge in [0.15, 0.2) is 0 Å². The fourth-order valence-electron chi connectivity index (χ4n) is 2.19. The summed E-state index contributed by atoms with van der Waals surface area (Å²) in [6.45, 7) is 0. The van der Waals surface area contributed by atoms with Crippen LogP contribution in [0.15, 0.2) is 33.3 Å². The lowest BCUT2D eigenvalue weighted by molar-refractivity contribution is -0.113. The number of halogens is 2. The summed E-state index contributed by atoms with van der Waals surface area (Å²) in [5.41, 5.74) is 0.290. The second kappa shape index (κ2) is 7.60. The molecule has 0 aliphatic carbocycles. The molecule has 0 fully saturated rings. The number of thioether (sulfide) groups is 1. The van der Waals surface area contributed by atoms with Gasteiger partial charge in [-0.1, -0.05) is 29.3 Å². The first-order chi connectivity index (χ1) is 12.4. The molecule has 2 aromatic heterocycles. The molecule has 0 saturated heterocycles. The van der Waals surface area contributed by atoms with Gasteiger partial charge in [-0.25, -0.2) is 0 Å². The van der Waals surface area contributed by atoms with Gasteiger partial charge in [0.1, 0.15) is 17.4 Å². The predicted molar refractivity (Wildman–Crippen MR) is 105 cm³/mol. The van der Waals surface area contributed by atoms with Crippen molar-refractivity contribution in [3.8, 4) is 11.8 Å². The van der Waals surface area contributed by atoms with Gasteiger partial charge in [-0.15, -0.1) is 23.1 Å². The van der Waals surface area contributed by atoms with E-state index in [0.717, 1.165) is 29.2 Å². The summed E-state index contributed by atoms with van der Waals surface area (Å²) < 4.78 is 0.901. The van der Waals surface area contributed by atoms with Crippen LogP contribution in [-0.2, 0) is 4.79 Å². The molecule has 6 nitrogen and oxygen atoms in total. The van der Waals surface area contributed by atoms with E-state index >= 15 is 0 Å². The Bertz CT molecular complexity index is 1100. The van der Waals surface area contributed by atoms with Crippen molar-refractivity contribution < 1.29 is 9.90 Å². The van der Waals surface area contributed by atoms with Gasteiger partial charge in [0.05, 0.1) is 35.9 Å². The molecule has 0 unspecified atom stereocenters. The zero-order valence-corrected chi connectivity index (χ0v) is 15.9. The second-order valence-corrected chi connectivity index (χ2v) is 8.11. The van der Waals surface area contributed by atoms with E-state index in [2.05, 4.69) is 10.3 Å². The minimum atomic E-state index is -0.507. The Kier molecular flexibility index (Phi) is 5.44. The number of fused-ring (bicyclic) bond motifs is 1. The highest BCUT2D eigenvalue weighted by molar-refractivity contribution is 8.02. The normalized spacial score (nSPS) is 10.7. The molecule has 0 atom stereocenters. The van der Waals surface area contributed by atoms with Gasteiger partial charge in [0, 0.05) is 6.07 Å². The van der Waals surface area contributed by atoms with E-state index in [-0.39, 0.29) is 28.5 Å². The number of hydrogen-bond donors (Lipinski definition) is 3. The standard InChI is InChI=1S/C16H9Cl2N3O3S2/c17-8-2-1-3-9(18)14(8)21-12(24)6-25-16-7(5-19)13-15(26-16)10(22)4-11(23)20-13/h1-4H,6H2,(H,21,24)(H2,20,22,23). The van der Waals surface area contributed by atoms with Crippen molar-refractivity contribution in [1.82, 2.24) is 4.98 Å². The van der Waals surface area contributed by atoms with E-state index in [1.54, 1.807) is 18.2 Å². The molecule has 0 bridgehead atoms. The molecule has 0 aliphatic heterocycles. The maximum Gasteiger partial charge on any atom is 0.252 e. The molecule has 0 saturated carbocycles. The topological polar surface area (TPSA) is 106 Å². The summed E-state index contributed by atoms with van der Waals surface area (Å²) in [4.78, 5) is 26.2. The molecule has 1 aromatic carbocycles. The number of carbonyl (C=O) groups excluding carboxylic acids is 1. The quantitative estimate of drug-likeness (QED) is 0.542. The lowest BCUT2D eigenvalue weighted by Gasteiger charge is -2.08. The van der Waals surface area contributed by atoms with Crippen molar-refractivity contribution in [3.05, 3.63) is 50.2 Å². The van der Waals surface area contributed by atoms with Crippen LogP contribution in [0.1, 0.15) is 5.56 Å². The lowest BCUT2D eigenvalue weighted by Crippen LogP contribution is -2.14. The Morgan fingerprint density at radius 1 is 1.38 bits per heavy atom. The van der Waals surface area contributed by atoms with Gasteiger partial charge < -0.3 is 15.4 Å². The second-order valence-electron chi connectivity index (χ2n) is 5.03. The number of aromatic nitrogens is 1. The maximum absolute atomic E-state index is 12.2. The Morgan fingerprint density at radius 2 is 2.08 bits per heavy atom. The first-order valence-electron chi connectivity index (χ1n) is 7.06. The van der Waals surface area contributed by atoms with Crippen LogP contribution < -0.4 is 10.9 Å². The van der Waals surface area contributed by atoms with E-state index in [9.17, 15) is 20.0 Å². The fourth-order valence-corrected chi connectivity index (χ4v) is 4.82. The zero-order chi connectivity index (χ0) is 18.8. The highest BCUT2D eigenvalue weighted by Crippen LogP contribution is 2.40. The smallest absolute Gasteiger partial charge is 0.252 e. The Morgan fingerprint density at radius 3 is 2.73 bits per heavy atom. The highest BCUT2D eigenvalue weighted by atomic mass is 35.5. The Balaban J connectivity index is 1.82. The number of rotatable bonds is 4. The largest absolute Gasteiger partial charge is 0.506 e. The highest BCUT2D eigenvalue weighted by Gasteiger charge is 2.18. The number of para-hydroxylation sites is 1. The third kappa shape index (κ3) is 3.66. The summed E-state index contributed by atoms with van der Waals surface area (Å²) in [7, 11) is 0. The number of thiophene rings is 1. The number of hydrogen-bond acceptors (Lipinski definition) is 6. The average Bonchev–Trinajstić information content (AvgIpc) is 2.94. The summed E-state index contributed by atoms with van der Waals surface area (Å²) >= 11 is 14.3. The number of pyridine rings is 1. The van der Waals surface area contributed by atoms with Gasteiger partial charge in [0.25, 0.3) is 5.56 Å². The van der Waals surface area contributed by atoms with E-state index in [1.807, 2.05) is 6.07 Å². The number of aromatic hydroxyl groups is 1. The average molecular weight is 426 g/mol. The molecular formula is C16H9Cl2N3O3S2. The molecule has 1 amide bonds. The SMILES string of the molecule is N#Cc1c(SCC(=O)Nc2c(Cl)cccc2Cl)sc2c(O)cc(=O)[nH]c12. The molecular weight excluding hydrogens is 417 g/mol. The molecule has 3 N–H and O–H groups in total. The number of carbonyl (C=O) groups is 1. The molecule has 10 heteroatoms. The van der Waals surface area contributed by atoms with Crippen LogP contribution in [-0.4, -0.2) is 21.8 Å². The third-order valence-corrected chi connectivity index (χ3v) is 6.41. The monoisotopic (exact) mass is 425 g/mol. The predicted octanol–water partition coefficient (Wildman–Crippen LogP) is 4.20. The summed E-state index contributed by atoms with van der Waals surface area (Å²) in [5, 5.41) is 22.5. The van der Waals surface area contributed by atoms with Crippen molar-refractivity contribution in [2.75, 3.05) is 11.1 Å². The van der Waals surface area contributed by atoms with Crippen LogP contribution in [0, 0.1) is 11.3 Å². The van der Waals surface area contributed by atoms with Crippen LogP contribution in [0.4, 0.5) is 5.69 Å². The molecule has 3 rings (SSSR count). The van der Waals surface area contributed by atoms with Crippen molar-refractivity contribution in [2.24, 2.45) is 0 Å². The molecule has 132 valence electrons. The molecule has 26 heavy (non-hydrogen) atoms. The Hall–Kier alpha value is -2.18. The first-order valence-corrected chi connectivity index (χ1v) is 9.62. The van der Waals surface area contributed by atoms with Crippen molar-refractivity contribution in [3.63, 3.8) is 0 Å². The minimum absolute atomic E-state index is 0.00590. The zero-order valence-electron chi connectivity index (χ0n) is 12.8. The summed E-state index contributed by atoms with van der Waals surface area (Å²) in [5.74, 6) is -0.568. The van der Waals surface area contributed by atoms with Crippen LogP contribution in [0.25, 0.3) is 10.2 Å². The van der Waals surface area contributed by atoms with Crippen LogP contribution in [0.3, 0.4) is 0 Å². The molecule has 0 radical (unpaired) electrons. The number of anilines is 1. The van der Waals surface area contributed by atoms with Crippen molar-refractivity contribution >= 4 is 68.1 Å². The summed E-state index contributed by atoms with van der Waals surface area (Å²) in [6.07, 6.45) is 0. The van der Waals surface area contributed by atoms with E-state index < -0.39 is 5.56 Å². The van der Waals surface area contributed by atoms with Crippen LogP contribution >= 0.6 is 46.3 Å². The van der Waals surface area contributed by atoms with Crippen molar-refractivity contribution in [2.45, 2.75) is 4.21 Å². The van der Waals surface area contributed by atoms with Crippen LogP contribution in [0.5, 0.6) is 5.75 Å². The number of H-pyrrole nitrogens is 1. The van der Waals surface area contributed by atoms with Crippen LogP contribution in [0.2, 0.25) is 10.0 Å². The van der Waals surface area contributed by atoms with Crippen molar-refractivity contribution in [1.29, 1.82) is 5.26 Å². The molecule has 3 aromatic rings. The van der Waals surface area contributed by atoms with E-state index in [1.165, 1.54) is 0 Å². The molecule has 2 heterocycles. The number of nitrogens with one attached hydrogen (secondary N) is 2. The van der Waals surface area contributed by atoms with Gasteiger partial charge in [-0.05, 0) is 12.1 Å². The molecule has 0 aliphatic rings. The minimum Gasteiger partial charge on any atom is -0.506 e. The fraction of sp³-hybridized carbons (Fsp3) is 0.0625. The van der Waals surface area contributed by atoms with Gasteiger partial charge in [-0.2, -0.15) is 5.26 Å². The van der Waals surface area contributed by atoms with E-state index in [0.29, 0.717) is 24.6 Å². The maximum atomic E-state index is 12.2. The number of nitrogens with zero attached hydrogens (tertiary/aromatic N) is 1. The van der Waals surface area contributed by atoms with Gasteiger partial charge in [-0.3, -0.25) is 9.59 Å². The van der Waals surface area contributed by atoms with E-state index in [4.69, 9.17) is 23.2 Å². The van der Waals surface area contributed by atoms with Gasteiger partial charge in [0.2, 0.25) is 5.91 Å². The first kappa shape index (κ1) is 18.6. The number of benzene rings is 1. The lowest BCUT2D eigenvalue weighted by atomic mass is 10.3. The number of nitriles is 1. The Labute approximate surface area is 165 Å². The number of amides is 1. The molecule has 0 spiro atoms. The third-order valence-electron chi connectivity index (χ3n) is 3.30. The number of aromatic amines is 1.